The maximum Gasteiger partial charge on any atom is 0.221 e. The first-order chi connectivity index (χ1) is 6.18. The van der Waals surface area contributed by atoms with E-state index in [0.717, 1.165) is 24.2 Å². The van der Waals surface area contributed by atoms with Gasteiger partial charge in [0, 0.05) is 18.4 Å². The van der Waals surface area contributed by atoms with Gasteiger partial charge in [-0.05, 0) is 13.3 Å². The molecule has 3 nitrogen and oxygen atoms in total. The van der Waals surface area contributed by atoms with Crippen molar-refractivity contribution in [2.75, 3.05) is 0 Å². The normalized spacial score (nSPS) is 15.6. The lowest BCUT2D eigenvalue weighted by Gasteiger charge is -2.04. The molecule has 1 aliphatic carbocycles. The first-order valence-corrected chi connectivity index (χ1v) is 4.37. The van der Waals surface area contributed by atoms with Gasteiger partial charge in [0.05, 0.1) is 0 Å². The Bertz CT molecular complexity index is 376. The van der Waals surface area contributed by atoms with Crippen molar-refractivity contribution in [3.8, 4) is 0 Å². The lowest BCUT2D eigenvalue weighted by molar-refractivity contribution is 0.0965. The molecule has 68 valence electrons. The maximum atomic E-state index is 11.4. The summed E-state index contributed by atoms with van der Waals surface area (Å²) in [5.74, 6) is 1.33. The van der Waals surface area contributed by atoms with Crippen molar-refractivity contribution in [2.24, 2.45) is 0 Å². The van der Waals surface area contributed by atoms with E-state index in [2.05, 4.69) is 11.6 Å². The molecule has 3 heteroatoms. The van der Waals surface area contributed by atoms with E-state index in [-0.39, 0.29) is 5.78 Å². The van der Waals surface area contributed by atoms with Gasteiger partial charge in [-0.2, -0.15) is 0 Å². The Kier molecular flexibility index (Phi) is 1.79. The zero-order valence-electron chi connectivity index (χ0n) is 7.59. The van der Waals surface area contributed by atoms with Gasteiger partial charge in [0.15, 0.2) is 5.78 Å². The fourth-order valence-corrected chi connectivity index (χ4v) is 1.45. The van der Waals surface area contributed by atoms with Crippen molar-refractivity contribution < 1.29 is 9.21 Å². The highest BCUT2D eigenvalue weighted by molar-refractivity contribution is 5.96. The van der Waals surface area contributed by atoms with Gasteiger partial charge in [-0.15, -0.1) is 0 Å². The Morgan fingerprint density at radius 3 is 2.92 bits per heavy atom. The second kappa shape index (κ2) is 2.83. The van der Waals surface area contributed by atoms with Gasteiger partial charge in [0.1, 0.15) is 11.5 Å². The molecule has 0 radical (unpaired) electrons. The van der Waals surface area contributed by atoms with Crippen LogP contribution in [0.1, 0.15) is 41.9 Å². The average Bonchev–Trinajstić information content (AvgIpc) is 2.49. The monoisotopic (exact) mass is 177 g/mol. The molecular formula is C10H11NO2. The molecule has 0 aliphatic heterocycles. The summed E-state index contributed by atoms with van der Waals surface area (Å²) in [5.41, 5.74) is 1.28. The molecule has 0 bridgehead atoms. The van der Waals surface area contributed by atoms with Crippen LogP contribution in [-0.2, 0) is 6.42 Å². The summed E-state index contributed by atoms with van der Waals surface area (Å²) >= 11 is 0. The number of nitrogens with zero attached hydrogens (tertiary/aromatic N) is 1. The first kappa shape index (κ1) is 8.23. The molecule has 2 rings (SSSR count). The van der Waals surface area contributed by atoms with Crippen molar-refractivity contribution in [3.63, 3.8) is 0 Å². The van der Waals surface area contributed by atoms with Gasteiger partial charge < -0.3 is 4.42 Å². The third kappa shape index (κ3) is 1.30. The van der Waals surface area contributed by atoms with Crippen LogP contribution in [0.25, 0.3) is 5.57 Å². The van der Waals surface area contributed by atoms with Crippen LogP contribution in [0.3, 0.4) is 0 Å². The number of allylic oxidation sites excluding steroid dienone is 1. The standard InChI is InChI=1S/C10H11NO2/c1-6(2)10-11-9-7(12)4-3-5-8(9)13-10/h1,3-5H2,2H3. The maximum absolute atomic E-state index is 11.4. The Morgan fingerprint density at radius 2 is 2.31 bits per heavy atom. The van der Waals surface area contributed by atoms with E-state index < -0.39 is 0 Å². The molecule has 0 amide bonds. The summed E-state index contributed by atoms with van der Waals surface area (Å²) in [6.07, 6.45) is 2.28. The number of ketones is 1. The van der Waals surface area contributed by atoms with Crippen LogP contribution in [-0.4, -0.2) is 10.8 Å². The van der Waals surface area contributed by atoms with Crippen molar-refractivity contribution in [3.05, 3.63) is 23.9 Å². The van der Waals surface area contributed by atoms with E-state index in [1.165, 1.54) is 0 Å². The van der Waals surface area contributed by atoms with Gasteiger partial charge in [-0.1, -0.05) is 6.58 Å². The Hall–Kier alpha value is -1.38. The average molecular weight is 177 g/mol. The topological polar surface area (TPSA) is 43.1 Å². The molecule has 0 saturated heterocycles. The molecule has 0 N–H and O–H groups in total. The van der Waals surface area contributed by atoms with Crippen LogP contribution in [0.5, 0.6) is 0 Å². The number of hydrogen-bond acceptors (Lipinski definition) is 3. The van der Waals surface area contributed by atoms with E-state index in [1.807, 2.05) is 6.92 Å². The number of aromatic nitrogens is 1. The molecule has 0 spiro atoms. The van der Waals surface area contributed by atoms with Crippen molar-refractivity contribution in [1.82, 2.24) is 4.98 Å². The Morgan fingerprint density at radius 1 is 1.54 bits per heavy atom. The SMILES string of the molecule is C=C(C)c1nc2c(o1)CCCC2=O. The highest BCUT2D eigenvalue weighted by atomic mass is 16.4. The quantitative estimate of drug-likeness (QED) is 0.660. The molecule has 13 heavy (non-hydrogen) atoms. The number of rotatable bonds is 1. The smallest absolute Gasteiger partial charge is 0.221 e. The van der Waals surface area contributed by atoms with Gasteiger partial charge in [-0.3, -0.25) is 4.79 Å². The number of Topliss-reactive ketones (excluding diaryl/α,β-unsaturated/α-hetero) is 1. The van der Waals surface area contributed by atoms with Crippen LogP contribution in [0, 0.1) is 0 Å². The fourth-order valence-electron chi connectivity index (χ4n) is 1.45. The first-order valence-electron chi connectivity index (χ1n) is 4.37. The third-order valence-corrected chi connectivity index (χ3v) is 2.13. The van der Waals surface area contributed by atoms with Gasteiger partial charge in [-0.25, -0.2) is 4.98 Å². The zero-order valence-corrected chi connectivity index (χ0v) is 7.59. The molecule has 0 saturated carbocycles. The number of carbonyl (C=O) groups is 1. The molecule has 1 aromatic rings. The van der Waals surface area contributed by atoms with Crippen molar-refractivity contribution >= 4 is 11.4 Å². The highest BCUT2D eigenvalue weighted by Crippen LogP contribution is 2.24. The summed E-state index contributed by atoms with van der Waals surface area (Å²) < 4.78 is 5.41. The number of aryl methyl sites for hydroxylation is 1. The molecule has 0 fully saturated rings. The Balaban J connectivity index is 2.48. The molecule has 0 unspecified atom stereocenters. The van der Waals surface area contributed by atoms with Crippen LogP contribution in [0.2, 0.25) is 0 Å². The van der Waals surface area contributed by atoms with Crippen molar-refractivity contribution in [1.29, 1.82) is 0 Å². The number of carbonyl (C=O) groups excluding carboxylic acids is 1. The second-order valence-electron chi connectivity index (χ2n) is 3.35. The molecule has 0 atom stereocenters. The summed E-state index contributed by atoms with van der Waals surface area (Å²) in [6.45, 7) is 5.55. The van der Waals surface area contributed by atoms with Crippen molar-refractivity contribution in [2.45, 2.75) is 26.2 Å². The highest BCUT2D eigenvalue weighted by Gasteiger charge is 2.23. The van der Waals surface area contributed by atoms with Gasteiger partial charge in [0.25, 0.3) is 0 Å². The zero-order chi connectivity index (χ0) is 9.42. The molecule has 1 aliphatic rings. The van der Waals surface area contributed by atoms with Crippen LogP contribution >= 0.6 is 0 Å². The Labute approximate surface area is 76.5 Å². The van der Waals surface area contributed by atoms with Crippen LogP contribution in [0.15, 0.2) is 11.0 Å². The molecule has 0 aromatic carbocycles. The number of oxazole rings is 1. The van der Waals surface area contributed by atoms with E-state index in [0.29, 0.717) is 18.0 Å². The lowest BCUT2D eigenvalue weighted by atomic mass is 10.0. The number of hydrogen-bond donors (Lipinski definition) is 0. The second-order valence-corrected chi connectivity index (χ2v) is 3.35. The molecule has 1 aromatic heterocycles. The van der Waals surface area contributed by atoms with E-state index in [1.54, 1.807) is 0 Å². The summed E-state index contributed by atoms with van der Waals surface area (Å²) in [4.78, 5) is 15.5. The summed E-state index contributed by atoms with van der Waals surface area (Å²) in [7, 11) is 0. The number of fused-ring (bicyclic) bond motifs is 1. The van der Waals surface area contributed by atoms with E-state index in [4.69, 9.17) is 4.42 Å². The minimum Gasteiger partial charge on any atom is -0.441 e. The van der Waals surface area contributed by atoms with Gasteiger partial charge >= 0.3 is 0 Å². The lowest BCUT2D eigenvalue weighted by Crippen LogP contribution is -2.09. The minimum absolute atomic E-state index is 0.0949. The molecule has 1 heterocycles. The summed E-state index contributed by atoms with van der Waals surface area (Å²) in [6, 6.07) is 0. The van der Waals surface area contributed by atoms with E-state index in [9.17, 15) is 4.79 Å². The molecular weight excluding hydrogens is 166 g/mol. The summed E-state index contributed by atoms with van der Waals surface area (Å²) in [5, 5.41) is 0. The fraction of sp³-hybridized carbons (Fsp3) is 0.400. The predicted molar refractivity (Wildman–Crippen MR) is 48.5 cm³/mol. The van der Waals surface area contributed by atoms with Gasteiger partial charge in [0.2, 0.25) is 5.89 Å². The van der Waals surface area contributed by atoms with E-state index >= 15 is 0 Å². The predicted octanol–water partition coefficient (Wildman–Crippen LogP) is 2.23. The minimum atomic E-state index is 0.0949. The van der Waals surface area contributed by atoms with Crippen LogP contribution < -0.4 is 0 Å². The van der Waals surface area contributed by atoms with Crippen LogP contribution in [0.4, 0.5) is 0 Å². The largest absolute Gasteiger partial charge is 0.441 e. The third-order valence-electron chi connectivity index (χ3n) is 2.13.